The highest BCUT2D eigenvalue weighted by Gasteiger charge is 2.31. The van der Waals surface area contributed by atoms with Gasteiger partial charge in [-0.2, -0.15) is 0 Å². The van der Waals surface area contributed by atoms with Gasteiger partial charge in [0.25, 0.3) is 0 Å². The molecule has 1 heterocycles. The lowest BCUT2D eigenvalue weighted by atomic mass is 9.88. The van der Waals surface area contributed by atoms with Gasteiger partial charge in [0, 0.05) is 23.0 Å². The summed E-state index contributed by atoms with van der Waals surface area (Å²) in [6, 6.07) is 4.87. The average Bonchev–Trinajstić information content (AvgIpc) is 2.79. The van der Waals surface area contributed by atoms with E-state index in [-0.39, 0.29) is 5.54 Å². The minimum Gasteiger partial charge on any atom is -0.329 e. The Hall–Kier alpha value is -0.380. The van der Waals surface area contributed by atoms with Gasteiger partial charge in [-0.05, 0) is 51.1 Å². The first-order chi connectivity index (χ1) is 8.39. The molecule has 0 amide bonds. The zero-order valence-corrected chi connectivity index (χ0v) is 13.3. The summed E-state index contributed by atoms with van der Waals surface area (Å²) in [7, 11) is 2.22. The zero-order chi connectivity index (χ0) is 13.8. The van der Waals surface area contributed by atoms with Crippen molar-refractivity contribution in [1.29, 1.82) is 0 Å². The Morgan fingerprint density at radius 1 is 1.39 bits per heavy atom. The van der Waals surface area contributed by atoms with E-state index in [0.29, 0.717) is 12.0 Å². The Labute approximate surface area is 116 Å². The van der Waals surface area contributed by atoms with Crippen LogP contribution >= 0.6 is 11.3 Å². The van der Waals surface area contributed by atoms with Gasteiger partial charge in [0.1, 0.15) is 0 Å². The van der Waals surface area contributed by atoms with E-state index >= 15 is 0 Å². The summed E-state index contributed by atoms with van der Waals surface area (Å²) < 4.78 is 0. The molecule has 2 unspecified atom stereocenters. The SMILES string of the molecule is CC(C)CC(C)(CN)N(C)C(C)Cc1cccs1. The molecule has 18 heavy (non-hydrogen) atoms. The molecular formula is C15H28N2S. The van der Waals surface area contributed by atoms with E-state index in [1.165, 1.54) is 4.88 Å². The summed E-state index contributed by atoms with van der Waals surface area (Å²) >= 11 is 1.84. The molecule has 1 aromatic rings. The van der Waals surface area contributed by atoms with E-state index in [1.807, 2.05) is 11.3 Å². The quantitative estimate of drug-likeness (QED) is 0.821. The fourth-order valence-electron chi connectivity index (χ4n) is 2.64. The second kappa shape index (κ2) is 6.69. The fraction of sp³-hybridized carbons (Fsp3) is 0.733. The van der Waals surface area contributed by atoms with Crippen molar-refractivity contribution in [2.75, 3.05) is 13.6 Å². The number of thiophene rings is 1. The molecule has 0 radical (unpaired) electrons. The molecule has 0 saturated heterocycles. The summed E-state index contributed by atoms with van der Waals surface area (Å²) in [5, 5.41) is 2.15. The molecule has 0 spiro atoms. The number of hydrogen-bond acceptors (Lipinski definition) is 3. The normalized spacial score (nSPS) is 17.1. The van der Waals surface area contributed by atoms with E-state index in [0.717, 1.165) is 19.4 Å². The van der Waals surface area contributed by atoms with Gasteiger partial charge in [-0.3, -0.25) is 4.90 Å². The molecule has 0 aliphatic heterocycles. The first kappa shape index (κ1) is 15.7. The van der Waals surface area contributed by atoms with Gasteiger partial charge >= 0.3 is 0 Å². The van der Waals surface area contributed by atoms with Crippen molar-refractivity contribution in [2.45, 2.75) is 52.1 Å². The molecule has 0 fully saturated rings. The van der Waals surface area contributed by atoms with Crippen LogP contribution in [0.25, 0.3) is 0 Å². The predicted octanol–water partition coefficient (Wildman–Crippen LogP) is 3.37. The third kappa shape index (κ3) is 4.08. The lowest BCUT2D eigenvalue weighted by molar-refractivity contribution is 0.0806. The van der Waals surface area contributed by atoms with Gasteiger partial charge in [0.15, 0.2) is 0 Å². The van der Waals surface area contributed by atoms with E-state index in [9.17, 15) is 0 Å². The Bertz CT molecular complexity index is 334. The molecule has 0 aromatic carbocycles. The van der Waals surface area contributed by atoms with Crippen molar-refractivity contribution >= 4 is 11.3 Å². The number of nitrogens with two attached hydrogens (primary N) is 1. The van der Waals surface area contributed by atoms with Crippen LogP contribution in [-0.4, -0.2) is 30.1 Å². The highest BCUT2D eigenvalue weighted by molar-refractivity contribution is 7.09. The van der Waals surface area contributed by atoms with E-state index in [2.05, 4.69) is 57.2 Å². The third-order valence-corrected chi connectivity index (χ3v) is 4.78. The number of rotatable bonds is 7. The largest absolute Gasteiger partial charge is 0.329 e. The van der Waals surface area contributed by atoms with Crippen LogP contribution in [0, 0.1) is 5.92 Å². The Kier molecular flexibility index (Phi) is 5.83. The highest BCUT2D eigenvalue weighted by atomic mass is 32.1. The molecule has 1 rings (SSSR count). The third-order valence-electron chi connectivity index (χ3n) is 3.88. The average molecular weight is 268 g/mol. The Morgan fingerprint density at radius 3 is 2.50 bits per heavy atom. The fourth-order valence-corrected chi connectivity index (χ4v) is 3.47. The Balaban J connectivity index is 2.67. The monoisotopic (exact) mass is 268 g/mol. The molecular weight excluding hydrogens is 240 g/mol. The molecule has 0 aliphatic rings. The molecule has 1 aromatic heterocycles. The molecule has 2 N–H and O–H groups in total. The Morgan fingerprint density at radius 2 is 2.06 bits per heavy atom. The molecule has 0 bridgehead atoms. The topological polar surface area (TPSA) is 29.3 Å². The van der Waals surface area contributed by atoms with Crippen LogP contribution in [0.5, 0.6) is 0 Å². The van der Waals surface area contributed by atoms with Gasteiger partial charge in [0.05, 0.1) is 0 Å². The van der Waals surface area contributed by atoms with Crippen LogP contribution in [0.3, 0.4) is 0 Å². The molecule has 0 aliphatic carbocycles. The standard InChI is InChI=1S/C15H28N2S/c1-12(2)10-15(4,11-16)17(5)13(3)9-14-7-6-8-18-14/h6-8,12-13H,9-11,16H2,1-5H3. The molecule has 3 heteroatoms. The zero-order valence-electron chi connectivity index (χ0n) is 12.4. The lowest BCUT2D eigenvalue weighted by Gasteiger charge is -2.43. The summed E-state index contributed by atoms with van der Waals surface area (Å²) in [4.78, 5) is 3.92. The molecule has 0 saturated carbocycles. The summed E-state index contributed by atoms with van der Waals surface area (Å²) in [5.41, 5.74) is 6.13. The maximum Gasteiger partial charge on any atom is 0.0305 e. The minimum absolute atomic E-state index is 0.102. The van der Waals surface area contributed by atoms with Crippen molar-refractivity contribution in [1.82, 2.24) is 4.90 Å². The van der Waals surface area contributed by atoms with Crippen LogP contribution in [0.2, 0.25) is 0 Å². The van der Waals surface area contributed by atoms with Crippen molar-refractivity contribution in [3.05, 3.63) is 22.4 Å². The summed E-state index contributed by atoms with van der Waals surface area (Å²) in [6.45, 7) is 9.85. The first-order valence-corrected chi connectivity index (χ1v) is 7.72. The van der Waals surface area contributed by atoms with Gasteiger partial charge in [-0.1, -0.05) is 19.9 Å². The van der Waals surface area contributed by atoms with Gasteiger partial charge in [-0.25, -0.2) is 0 Å². The van der Waals surface area contributed by atoms with Gasteiger partial charge in [0.2, 0.25) is 0 Å². The maximum atomic E-state index is 6.03. The second-order valence-corrected chi connectivity index (χ2v) is 7.07. The van der Waals surface area contributed by atoms with Gasteiger partial charge in [-0.15, -0.1) is 11.3 Å². The van der Waals surface area contributed by atoms with E-state index < -0.39 is 0 Å². The maximum absolute atomic E-state index is 6.03. The lowest BCUT2D eigenvalue weighted by Crippen LogP contribution is -2.54. The van der Waals surface area contributed by atoms with Crippen molar-refractivity contribution in [3.63, 3.8) is 0 Å². The first-order valence-electron chi connectivity index (χ1n) is 6.84. The minimum atomic E-state index is 0.102. The van der Waals surface area contributed by atoms with Crippen LogP contribution < -0.4 is 5.73 Å². The summed E-state index contributed by atoms with van der Waals surface area (Å²) in [6.07, 6.45) is 2.26. The van der Waals surface area contributed by atoms with E-state index in [4.69, 9.17) is 5.73 Å². The molecule has 104 valence electrons. The number of nitrogens with zero attached hydrogens (tertiary/aromatic N) is 1. The van der Waals surface area contributed by atoms with Gasteiger partial charge < -0.3 is 5.73 Å². The van der Waals surface area contributed by atoms with Crippen LogP contribution in [0.15, 0.2) is 17.5 Å². The highest BCUT2D eigenvalue weighted by Crippen LogP contribution is 2.25. The molecule has 2 nitrogen and oxygen atoms in total. The van der Waals surface area contributed by atoms with Crippen LogP contribution in [0.1, 0.15) is 39.0 Å². The number of hydrogen-bond donors (Lipinski definition) is 1. The van der Waals surface area contributed by atoms with Crippen molar-refractivity contribution < 1.29 is 0 Å². The van der Waals surface area contributed by atoms with Crippen molar-refractivity contribution in [3.8, 4) is 0 Å². The summed E-state index contributed by atoms with van der Waals surface area (Å²) in [5.74, 6) is 0.676. The van der Waals surface area contributed by atoms with Crippen LogP contribution in [-0.2, 0) is 6.42 Å². The molecule has 2 atom stereocenters. The second-order valence-electron chi connectivity index (χ2n) is 6.04. The predicted molar refractivity (Wildman–Crippen MR) is 82.2 cm³/mol. The van der Waals surface area contributed by atoms with Crippen LogP contribution in [0.4, 0.5) is 0 Å². The van der Waals surface area contributed by atoms with Crippen molar-refractivity contribution in [2.24, 2.45) is 11.7 Å². The number of likely N-dealkylation sites (N-methyl/N-ethyl adjacent to an activating group) is 1. The van der Waals surface area contributed by atoms with E-state index in [1.54, 1.807) is 0 Å². The smallest absolute Gasteiger partial charge is 0.0305 e.